The molecular formula is C23H21N3O6S2. The van der Waals surface area contributed by atoms with E-state index in [2.05, 4.69) is 5.32 Å². The normalized spacial score (nSPS) is 11.0. The molecule has 1 N–H and O–H groups in total. The van der Waals surface area contributed by atoms with Crippen LogP contribution in [0.25, 0.3) is 0 Å². The van der Waals surface area contributed by atoms with Gasteiger partial charge in [0.05, 0.1) is 18.2 Å². The number of esters is 1. The van der Waals surface area contributed by atoms with E-state index in [1.165, 1.54) is 26.3 Å². The van der Waals surface area contributed by atoms with E-state index in [4.69, 9.17) is 14.7 Å². The Balaban J connectivity index is 1.74. The van der Waals surface area contributed by atoms with Crippen LogP contribution in [0.15, 0.2) is 64.9 Å². The SMILES string of the molecule is COc1ccc(C(=O)OCC(=O)Nc2sccc2C#N)cc1S(=O)(=O)N(C)Cc1ccccc1. The third-order valence-corrected chi connectivity index (χ3v) is 7.36. The van der Waals surface area contributed by atoms with Gasteiger partial charge in [-0.15, -0.1) is 11.3 Å². The molecule has 0 radical (unpaired) electrons. The molecule has 2 aromatic carbocycles. The minimum absolute atomic E-state index is 0.0610. The number of carbonyl (C=O) groups is 2. The van der Waals surface area contributed by atoms with Crippen molar-refractivity contribution in [3.8, 4) is 11.8 Å². The van der Waals surface area contributed by atoms with Gasteiger partial charge in [0.2, 0.25) is 10.0 Å². The monoisotopic (exact) mass is 499 g/mol. The van der Waals surface area contributed by atoms with Crippen molar-refractivity contribution >= 4 is 38.2 Å². The molecule has 34 heavy (non-hydrogen) atoms. The molecule has 9 nitrogen and oxygen atoms in total. The Hall–Kier alpha value is -3.72. The summed E-state index contributed by atoms with van der Waals surface area (Å²) < 4.78 is 37.8. The number of rotatable bonds is 9. The summed E-state index contributed by atoms with van der Waals surface area (Å²) in [5, 5.41) is 13.5. The number of anilines is 1. The predicted molar refractivity (Wildman–Crippen MR) is 126 cm³/mol. The molecule has 176 valence electrons. The standard InChI is InChI=1S/C23H21N3O6S2/c1-26(14-16-6-4-3-5-7-16)34(29,30)20-12-17(8-9-19(20)31-2)23(28)32-15-21(27)25-22-18(13-24)10-11-33-22/h3-12H,14-15H2,1-2H3,(H,25,27). The fourth-order valence-electron chi connectivity index (χ4n) is 2.97. The Kier molecular flexibility index (Phi) is 8.01. The summed E-state index contributed by atoms with van der Waals surface area (Å²) in [5.74, 6) is -1.45. The summed E-state index contributed by atoms with van der Waals surface area (Å²) in [4.78, 5) is 24.4. The van der Waals surface area contributed by atoms with Crippen LogP contribution in [0.5, 0.6) is 5.75 Å². The Morgan fingerprint density at radius 2 is 1.88 bits per heavy atom. The first-order valence-electron chi connectivity index (χ1n) is 9.89. The second-order valence-corrected chi connectivity index (χ2v) is 9.94. The Labute approximate surface area is 201 Å². The van der Waals surface area contributed by atoms with Gasteiger partial charge in [-0.1, -0.05) is 30.3 Å². The minimum atomic E-state index is -4.02. The molecule has 0 fully saturated rings. The molecule has 0 aliphatic carbocycles. The number of benzene rings is 2. The predicted octanol–water partition coefficient (Wildman–Crippen LogP) is 3.24. The number of amides is 1. The topological polar surface area (TPSA) is 126 Å². The van der Waals surface area contributed by atoms with E-state index in [0.29, 0.717) is 10.6 Å². The zero-order valence-electron chi connectivity index (χ0n) is 18.3. The van der Waals surface area contributed by atoms with Gasteiger partial charge in [0.1, 0.15) is 21.7 Å². The molecule has 3 rings (SSSR count). The number of hydrogen-bond acceptors (Lipinski definition) is 8. The van der Waals surface area contributed by atoms with Crippen LogP contribution in [-0.4, -0.2) is 45.4 Å². The summed E-state index contributed by atoms with van der Waals surface area (Å²) in [7, 11) is -1.26. The van der Waals surface area contributed by atoms with Crippen LogP contribution in [0.2, 0.25) is 0 Å². The first-order chi connectivity index (χ1) is 16.3. The minimum Gasteiger partial charge on any atom is -0.495 e. The van der Waals surface area contributed by atoms with Crippen molar-refractivity contribution in [3.63, 3.8) is 0 Å². The molecule has 0 spiro atoms. The smallest absolute Gasteiger partial charge is 0.338 e. The van der Waals surface area contributed by atoms with Gasteiger partial charge in [0.25, 0.3) is 5.91 Å². The molecule has 0 saturated heterocycles. The van der Waals surface area contributed by atoms with Gasteiger partial charge >= 0.3 is 5.97 Å². The molecule has 0 aliphatic heterocycles. The Morgan fingerprint density at radius 3 is 2.56 bits per heavy atom. The zero-order chi connectivity index (χ0) is 24.7. The van der Waals surface area contributed by atoms with Crippen molar-refractivity contribution in [2.75, 3.05) is 26.1 Å². The number of nitrogens with one attached hydrogen (secondary N) is 1. The molecule has 0 aliphatic rings. The molecule has 3 aromatic rings. The first kappa shape index (κ1) is 24.9. The zero-order valence-corrected chi connectivity index (χ0v) is 20.0. The molecular weight excluding hydrogens is 478 g/mol. The van der Waals surface area contributed by atoms with Crippen molar-refractivity contribution in [1.82, 2.24) is 4.31 Å². The van der Waals surface area contributed by atoms with E-state index in [-0.39, 0.29) is 22.8 Å². The lowest BCUT2D eigenvalue weighted by Crippen LogP contribution is -2.27. The van der Waals surface area contributed by atoms with E-state index < -0.39 is 28.5 Å². The van der Waals surface area contributed by atoms with Gasteiger partial charge in [0, 0.05) is 13.6 Å². The van der Waals surface area contributed by atoms with Crippen LogP contribution in [0.4, 0.5) is 5.00 Å². The number of nitriles is 1. The maximum Gasteiger partial charge on any atom is 0.338 e. The molecule has 0 atom stereocenters. The highest BCUT2D eigenvalue weighted by molar-refractivity contribution is 7.89. The van der Waals surface area contributed by atoms with E-state index in [1.807, 2.05) is 24.3 Å². The van der Waals surface area contributed by atoms with Gasteiger partial charge in [-0.2, -0.15) is 9.57 Å². The summed E-state index contributed by atoms with van der Waals surface area (Å²) in [6.07, 6.45) is 0. The van der Waals surface area contributed by atoms with Crippen LogP contribution in [-0.2, 0) is 26.1 Å². The van der Waals surface area contributed by atoms with Crippen molar-refractivity contribution < 1.29 is 27.5 Å². The number of methoxy groups -OCH3 is 1. The molecule has 0 unspecified atom stereocenters. The van der Waals surface area contributed by atoms with Gasteiger partial charge in [0.15, 0.2) is 6.61 Å². The van der Waals surface area contributed by atoms with Gasteiger partial charge in [-0.05, 0) is 35.2 Å². The third-order valence-electron chi connectivity index (χ3n) is 4.71. The van der Waals surface area contributed by atoms with Gasteiger partial charge in [-0.25, -0.2) is 13.2 Å². The van der Waals surface area contributed by atoms with Crippen LogP contribution >= 0.6 is 11.3 Å². The fourth-order valence-corrected chi connectivity index (χ4v) is 5.06. The lowest BCUT2D eigenvalue weighted by molar-refractivity contribution is -0.119. The van der Waals surface area contributed by atoms with Gasteiger partial charge < -0.3 is 14.8 Å². The number of hydrogen-bond donors (Lipinski definition) is 1. The summed E-state index contributed by atoms with van der Waals surface area (Å²) in [6.45, 7) is -0.488. The van der Waals surface area contributed by atoms with E-state index in [1.54, 1.807) is 23.6 Å². The van der Waals surface area contributed by atoms with Crippen LogP contribution in [0, 0.1) is 11.3 Å². The largest absolute Gasteiger partial charge is 0.495 e. The van der Waals surface area contributed by atoms with E-state index in [9.17, 15) is 18.0 Å². The average Bonchev–Trinajstić information content (AvgIpc) is 3.29. The quantitative estimate of drug-likeness (QED) is 0.448. The Morgan fingerprint density at radius 1 is 1.15 bits per heavy atom. The molecule has 1 aromatic heterocycles. The van der Waals surface area contributed by atoms with E-state index in [0.717, 1.165) is 27.3 Å². The summed E-state index contributed by atoms with van der Waals surface area (Å²) in [6, 6.07) is 16.4. The Bertz CT molecular complexity index is 1330. The second-order valence-electron chi connectivity index (χ2n) is 7.01. The molecule has 0 saturated carbocycles. The first-order valence-corrected chi connectivity index (χ1v) is 12.2. The van der Waals surface area contributed by atoms with Crippen molar-refractivity contribution in [3.05, 3.63) is 76.7 Å². The molecule has 11 heteroatoms. The van der Waals surface area contributed by atoms with Gasteiger partial charge in [-0.3, -0.25) is 4.79 Å². The lowest BCUT2D eigenvalue weighted by atomic mass is 10.2. The number of nitrogens with zero attached hydrogens (tertiary/aromatic N) is 2. The van der Waals surface area contributed by atoms with E-state index >= 15 is 0 Å². The molecule has 1 amide bonds. The fraction of sp³-hybridized carbons (Fsp3) is 0.174. The van der Waals surface area contributed by atoms with Crippen molar-refractivity contribution in [1.29, 1.82) is 5.26 Å². The van der Waals surface area contributed by atoms with Crippen molar-refractivity contribution in [2.45, 2.75) is 11.4 Å². The molecule has 1 heterocycles. The van der Waals surface area contributed by atoms with Crippen LogP contribution in [0.1, 0.15) is 21.5 Å². The number of ether oxygens (including phenoxy) is 2. The number of sulfonamides is 1. The number of carbonyl (C=O) groups excluding carboxylic acids is 2. The van der Waals surface area contributed by atoms with Crippen molar-refractivity contribution in [2.24, 2.45) is 0 Å². The molecule has 0 bridgehead atoms. The highest BCUT2D eigenvalue weighted by atomic mass is 32.2. The van der Waals surface area contributed by atoms with Crippen LogP contribution in [0.3, 0.4) is 0 Å². The second kappa shape index (κ2) is 10.9. The average molecular weight is 500 g/mol. The highest BCUT2D eigenvalue weighted by Crippen LogP contribution is 2.28. The number of thiophene rings is 1. The summed E-state index contributed by atoms with van der Waals surface area (Å²) in [5.41, 5.74) is 1.03. The maximum absolute atomic E-state index is 13.2. The highest BCUT2D eigenvalue weighted by Gasteiger charge is 2.27. The summed E-state index contributed by atoms with van der Waals surface area (Å²) >= 11 is 1.16. The van der Waals surface area contributed by atoms with Crippen LogP contribution < -0.4 is 10.1 Å². The lowest BCUT2D eigenvalue weighted by Gasteiger charge is -2.19. The third kappa shape index (κ3) is 5.79. The maximum atomic E-state index is 13.2.